The molecule has 2 heterocycles. The molecule has 0 N–H and O–H groups in total. The van der Waals surface area contributed by atoms with E-state index < -0.39 is 0 Å². The zero-order valence-corrected chi connectivity index (χ0v) is 7.50. The number of nitrogens with zero attached hydrogens (tertiary/aromatic N) is 1. The molecule has 2 rings (SSSR count). The molecule has 2 aromatic heterocycles. The minimum Gasteiger partial charge on any atom is -0.451 e. The van der Waals surface area contributed by atoms with Gasteiger partial charge in [-0.1, -0.05) is 0 Å². The molecule has 0 amide bonds. The van der Waals surface area contributed by atoms with Gasteiger partial charge in [0.2, 0.25) is 0 Å². The van der Waals surface area contributed by atoms with Crippen molar-refractivity contribution in [2.24, 2.45) is 0 Å². The molecule has 3 heteroatoms. The van der Waals surface area contributed by atoms with Gasteiger partial charge in [0, 0.05) is 18.7 Å². The average molecular weight is 175 g/mol. The Hall–Kier alpha value is -1.64. The van der Waals surface area contributed by atoms with Crippen LogP contribution in [-0.2, 0) is 0 Å². The van der Waals surface area contributed by atoms with Crippen molar-refractivity contribution >= 4 is 16.9 Å². The smallest absolute Gasteiger partial charge is 0.195 e. The second-order valence-electron chi connectivity index (χ2n) is 3.00. The van der Waals surface area contributed by atoms with Crippen molar-refractivity contribution in [2.45, 2.75) is 13.8 Å². The number of furan rings is 1. The zero-order valence-electron chi connectivity index (χ0n) is 7.50. The molecule has 0 aliphatic carbocycles. The van der Waals surface area contributed by atoms with Gasteiger partial charge < -0.3 is 4.42 Å². The molecule has 0 aliphatic heterocycles. The van der Waals surface area contributed by atoms with E-state index in [1.807, 2.05) is 19.1 Å². The monoisotopic (exact) mass is 175 g/mol. The largest absolute Gasteiger partial charge is 0.451 e. The molecule has 0 fully saturated rings. The number of Topliss-reactive ketones (excluding diaryl/α,β-unsaturated/α-hetero) is 1. The van der Waals surface area contributed by atoms with Crippen LogP contribution < -0.4 is 0 Å². The predicted octanol–water partition coefficient (Wildman–Crippen LogP) is 2.34. The highest BCUT2D eigenvalue weighted by molar-refractivity contribution is 5.95. The van der Waals surface area contributed by atoms with Crippen LogP contribution in [0.15, 0.2) is 22.6 Å². The van der Waals surface area contributed by atoms with E-state index in [1.165, 1.54) is 6.92 Å². The number of ketones is 1. The van der Waals surface area contributed by atoms with Crippen molar-refractivity contribution in [1.82, 2.24) is 4.98 Å². The highest BCUT2D eigenvalue weighted by atomic mass is 16.3. The van der Waals surface area contributed by atoms with Gasteiger partial charge in [0.1, 0.15) is 5.52 Å². The third-order valence-corrected chi connectivity index (χ3v) is 1.86. The number of carbonyl (C=O) groups excluding carboxylic acids is 1. The Morgan fingerprint density at radius 3 is 2.92 bits per heavy atom. The molecule has 0 aromatic carbocycles. The molecule has 0 unspecified atom stereocenters. The van der Waals surface area contributed by atoms with Crippen LogP contribution in [0.2, 0.25) is 0 Å². The van der Waals surface area contributed by atoms with E-state index >= 15 is 0 Å². The molecule has 2 aromatic rings. The van der Waals surface area contributed by atoms with Gasteiger partial charge in [-0.25, -0.2) is 4.98 Å². The summed E-state index contributed by atoms with van der Waals surface area (Å²) in [4.78, 5) is 15.2. The summed E-state index contributed by atoms with van der Waals surface area (Å²) >= 11 is 0. The summed E-state index contributed by atoms with van der Waals surface area (Å²) < 4.78 is 5.27. The summed E-state index contributed by atoms with van der Waals surface area (Å²) in [6.07, 6.45) is 0. The Morgan fingerprint density at radius 2 is 2.23 bits per heavy atom. The number of hydrogen-bond donors (Lipinski definition) is 0. The van der Waals surface area contributed by atoms with Crippen LogP contribution in [0.1, 0.15) is 23.2 Å². The van der Waals surface area contributed by atoms with E-state index in [9.17, 15) is 4.79 Å². The Kier molecular flexibility index (Phi) is 1.65. The second kappa shape index (κ2) is 2.69. The Balaban J connectivity index is 2.68. The third kappa shape index (κ3) is 1.33. The second-order valence-corrected chi connectivity index (χ2v) is 3.00. The maximum atomic E-state index is 11.0. The van der Waals surface area contributed by atoms with E-state index in [0.717, 1.165) is 11.2 Å². The number of fused-ring (bicyclic) bond motifs is 1. The first-order valence-corrected chi connectivity index (χ1v) is 4.05. The highest BCUT2D eigenvalue weighted by Gasteiger charge is 2.07. The lowest BCUT2D eigenvalue weighted by Crippen LogP contribution is -1.85. The first kappa shape index (κ1) is 7.98. The lowest BCUT2D eigenvalue weighted by atomic mass is 10.3. The van der Waals surface area contributed by atoms with Crippen molar-refractivity contribution in [2.75, 3.05) is 0 Å². The molecule has 0 saturated carbocycles. The van der Waals surface area contributed by atoms with Crippen molar-refractivity contribution in [1.29, 1.82) is 0 Å². The number of pyridine rings is 1. The van der Waals surface area contributed by atoms with E-state index in [0.29, 0.717) is 11.3 Å². The standard InChI is InChI=1S/C10H9NO2/c1-6-3-4-9-8(11-6)5-10(13-9)7(2)12/h3-5H,1-2H3. The van der Waals surface area contributed by atoms with E-state index in [4.69, 9.17) is 4.42 Å². The predicted molar refractivity (Wildman–Crippen MR) is 48.8 cm³/mol. The number of rotatable bonds is 1. The molecule has 0 atom stereocenters. The van der Waals surface area contributed by atoms with E-state index in [1.54, 1.807) is 6.07 Å². The van der Waals surface area contributed by atoms with Crippen molar-refractivity contribution in [3.05, 3.63) is 29.7 Å². The molecule has 3 nitrogen and oxygen atoms in total. The first-order chi connectivity index (χ1) is 6.16. The van der Waals surface area contributed by atoms with Crippen molar-refractivity contribution < 1.29 is 9.21 Å². The minimum atomic E-state index is -0.0735. The van der Waals surface area contributed by atoms with Gasteiger partial charge in [-0.15, -0.1) is 0 Å². The fourth-order valence-corrected chi connectivity index (χ4v) is 1.20. The van der Waals surface area contributed by atoms with Crippen LogP contribution in [0.4, 0.5) is 0 Å². The normalized spacial score (nSPS) is 10.6. The lowest BCUT2D eigenvalue weighted by molar-refractivity contribution is 0.0989. The molecule has 66 valence electrons. The fourth-order valence-electron chi connectivity index (χ4n) is 1.20. The summed E-state index contributed by atoms with van der Waals surface area (Å²) in [5, 5.41) is 0. The van der Waals surface area contributed by atoms with Crippen LogP contribution in [0.3, 0.4) is 0 Å². The molecule has 0 bridgehead atoms. The maximum absolute atomic E-state index is 11.0. The van der Waals surface area contributed by atoms with Crippen LogP contribution in [0.25, 0.3) is 11.1 Å². The molecular weight excluding hydrogens is 166 g/mol. The maximum Gasteiger partial charge on any atom is 0.195 e. The molecule has 0 radical (unpaired) electrons. The Bertz CT molecular complexity index is 471. The Labute approximate surface area is 75.4 Å². The zero-order chi connectivity index (χ0) is 9.42. The summed E-state index contributed by atoms with van der Waals surface area (Å²) in [7, 11) is 0. The number of carbonyl (C=O) groups is 1. The van der Waals surface area contributed by atoms with Crippen LogP contribution in [0, 0.1) is 6.92 Å². The fraction of sp³-hybridized carbons (Fsp3) is 0.200. The summed E-state index contributed by atoms with van der Waals surface area (Å²) in [5.41, 5.74) is 2.32. The van der Waals surface area contributed by atoms with Crippen LogP contribution in [-0.4, -0.2) is 10.8 Å². The van der Waals surface area contributed by atoms with Gasteiger partial charge >= 0.3 is 0 Å². The van der Waals surface area contributed by atoms with Crippen LogP contribution >= 0.6 is 0 Å². The average Bonchev–Trinajstić information content (AvgIpc) is 2.46. The van der Waals surface area contributed by atoms with Crippen LogP contribution in [0.5, 0.6) is 0 Å². The van der Waals surface area contributed by atoms with E-state index in [2.05, 4.69) is 4.98 Å². The SMILES string of the molecule is CC(=O)c1cc2nc(C)ccc2o1. The summed E-state index contributed by atoms with van der Waals surface area (Å²) in [6.45, 7) is 3.38. The molecule has 13 heavy (non-hydrogen) atoms. The summed E-state index contributed by atoms with van der Waals surface area (Å²) in [5.74, 6) is 0.295. The first-order valence-electron chi connectivity index (χ1n) is 4.05. The van der Waals surface area contributed by atoms with Crippen molar-refractivity contribution in [3.63, 3.8) is 0 Å². The van der Waals surface area contributed by atoms with Gasteiger partial charge in [-0.2, -0.15) is 0 Å². The molecule has 0 spiro atoms. The van der Waals surface area contributed by atoms with Gasteiger partial charge in [0.15, 0.2) is 17.1 Å². The minimum absolute atomic E-state index is 0.0735. The number of aryl methyl sites for hydroxylation is 1. The van der Waals surface area contributed by atoms with Gasteiger partial charge in [0.25, 0.3) is 0 Å². The number of aromatic nitrogens is 1. The van der Waals surface area contributed by atoms with Gasteiger partial charge in [0.05, 0.1) is 0 Å². The highest BCUT2D eigenvalue weighted by Crippen LogP contribution is 2.17. The van der Waals surface area contributed by atoms with Gasteiger partial charge in [-0.3, -0.25) is 4.79 Å². The third-order valence-electron chi connectivity index (χ3n) is 1.86. The topological polar surface area (TPSA) is 43.1 Å². The quantitative estimate of drug-likeness (QED) is 0.625. The molecular formula is C10H9NO2. The van der Waals surface area contributed by atoms with E-state index in [-0.39, 0.29) is 5.78 Å². The Morgan fingerprint density at radius 1 is 1.46 bits per heavy atom. The number of hydrogen-bond acceptors (Lipinski definition) is 3. The molecule has 0 saturated heterocycles. The molecule has 0 aliphatic rings. The van der Waals surface area contributed by atoms with Gasteiger partial charge in [-0.05, 0) is 19.1 Å². The van der Waals surface area contributed by atoms with Crippen molar-refractivity contribution in [3.8, 4) is 0 Å². The lowest BCUT2D eigenvalue weighted by Gasteiger charge is -1.88. The summed E-state index contributed by atoms with van der Waals surface area (Å²) in [6, 6.07) is 5.35.